The molecular formula is C9H8BN3O. The largest absolute Gasteiger partial charge is 0.488 e. The summed E-state index contributed by atoms with van der Waals surface area (Å²) in [6.45, 7) is 1.36. The predicted molar refractivity (Wildman–Crippen MR) is 53.1 cm³/mol. The van der Waals surface area contributed by atoms with E-state index < -0.39 is 0 Å². The number of nitriles is 1. The van der Waals surface area contributed by atoms with Crippen LogP contribution in [-0.2, 0) is 0 Å². The Hall–Kier alpha value is -1.70. The highest BCUT2D eigenvalue weighted by atomic mass is 16.5. The van der Waals surface area contributed by atoms with Gasteiger partial charge in [-0.2, -0.15) is 5.26 Å². The number of ether oxygens (including phenoxy) is 1. The first kappa shape index (κ1) is 8.88. The number of nitrogens with zero attached hydrogens (tertiary/aromatic N) is 3. The first-order valence-corrected chi connectivity index (χ1v) is 4.27. The Morgan fingerprint density at radius 3 is 3.21 bits per heavy atom. The topological polar surface area (TPSA) is 49.1 Å². The SMILES string of the molecule is [B]c1cc(C#N)nc2c1OCCN2C. The molecule has 1 aromatic rings. The molecule has 1 aliphatic rings. The third kappa shape index (κ3) is 1.29. The Morgan fingerprint density at radius 2 is 2.50 bits per heavy atom. The molecule has 0 unspecified atom stereocenters. The molecule has 2 heterocycles. The maximum absolute atomic E-state index is 8.72. The molecular weight excluding hydrogens is 177 g/mol. The fraction of sp³-hybridized carbons (Fsp3) is 0.333. The lowest BCUT2D eigenvalue weighted by Gasteiger charge is -2.27. The first-order chi connectivity index (χ1) is 6.72. The summed E-state index contributed by atoms with van der Waals surface area (Å²) in [5.41, 5.74) is 0.789. The van der Waals surface area contributed by atoms with Crippen LogP contribution in [0.2, 0.25) is 0 Å². The molecule has 0 aliphatic carbocycles. The van der Waals surface area contributed by atoms with Crippen LogP contribution in [0.1, 0.15) is 5.69 Å². The van der Waals surface area contributed by atoms with Gasteiger partial charge in [0.25, 0.3) is 0 Å². The van der Waals surface area contributed by atoms with Crippen LogP contribution in [0.25, 0.3) is 0 Å². The molecule has 0 fully saturated rings. The average molecular weight is 185 g/mol. The number of aromatic nitrogens is 1. The lowest BCUT2D eigenvalue weighted by Crippen LogP contribution is -2.32. The zero-order chi connectivity index (χ0) is 10.1. The molecule has 2 rings (SSSR count). The number of hydrogen-bond donors (Lipinski definition) is 0. The van der Waals surface area contributed by atoms with E-state index in [1.165, 1.54) is 6.07 Å². The summed E-state index contributed by atoms with van der Waals surface area (Å²) < 4.78 is 5.39. The van der Waals surface area contributed by atoms with E-state index >= 15 is 0 Å². The summed E-state index contributed by atoms with van der Waals surface area (Å²) in [6.07, 6.45) is 0. The summed E-state index contributed by atoms with van der Waals surface area (Å²) in [7, 11) is 7.63. The van der Waals surface area contributed by atoms with Crippen molar-refractivity contribution in [2.24, 2.45) is 0 Å². The summed E-state index contributed by atoms with van der Waals surface area (Å²) in [4.78, 5) is 6.06. The fourth-order valence-corrected chi connectivity index (χ4v) is 1.39. The maximum atomic E-state index is 8.72. The molecule has 0 bridgehead atoms. The number of hydrogen-bond acceptors (Lipinski definition) is 4. The van der Waals surface area contributed by atoms with E-state index in [0.29, 0.717) is 29.3 Å². The van der Waals surface area contributed by atoms with Gasteiger partial charge >= 0.3 is 0 Å². The molecule has 68 valence electrons. The molecule has 1 aliphatic heterocycles. The molecule has 5 heteroatoms. The van der Waals surface area contributed by atoms with E-state index in [9.17, 15) is 0 Å². The molecule has 2 radical (unpaired) electrons. The Balaban J connectivity index is 2.58. The first-order valence-electron chi connectivity index (χ1n) is 4.27. The number of anilines is 1. The zero-order valence-corrected chi connectivity index (χ0v) is 7.82. The van der Waals surface area contributed by atoms with E-state index in [-0.39, 0.29) is 0 Å². The molecule has 1 aromatic heterocycles. The van der Waals surface area contributed by atoms with Crippen molar-refractivity contribution in [3.05, 3.63) is 11.8 Å². The molecule has 0 amide bonds. The van der Waals surface area contributed by atoms with Crippen LogP contribution in [0, 0.1) is 11.3 Å². The van der Waals surface area contributed by atoms with Gasteiger partial charge < -0.3 is 9.64 Å². The highest BCUT2D eigenvalue weighted by Gasteiger charge is 2.18. The second-order valence-electron chi connectivity index (χ2n) is 3.13. The van der Waals surface area contributed by atoms with Crippen molar-refractivity contribution in [1.82, 2.24) is 4.98 Å². The van der Waals surface area contributed by atoms with Crippen LogP contribution in [0.3, 0.4) is 0 Å². The molecule has 4 nitrogen and oxygen atoms in total. The van der Waals surface area contributed by atoms with Gasteiger partial charge in [0.2, 0.25) is 0 Å². The minimum Gasteiger partial charge on any atom is -0.488 e. The lowest BCUT2D eigenvalue weighted by atomic mass is 9.94. The third-order valence-corrected chi connectivity index (χ3v) is 2.13. The highest BCUT2D eigenvalue weighted by molar-refractivity contribution is 6.35. The van der Waals surface area contributed by atoms with Crippen molar-refractivity contribution in [3.8, 4) is 11.8 Å². The molecule has 0 saturated heterocycles. The second kappa shape index (κ2) is 3.22. The summed E-state index contributed by atoms with van der Waals surface area (Å²) >= 11 is 0. The smallest absolute Gasteiger partial charge is 0.171 e. The van der Waals surface area contributed by atoms with Crippen LogP contribution in [-0.4, -0.2) is 33.0 Å². The van der Waals surface area contributed by atoms with E-state index in [2.05, 4.69) is 4.98 Å². The quantitative estimate of drug-likeness (QED) is 0.515. The van der Waals surface area contributed by atoms with Crippen LogP contribution in [0.5, 0.6) is 5.75 Å². The van der Waals surface area contributed by atoms with E-state index in [0.717, 1.165) is 6.54 Å². The predicted octanol–water partition coefficient (Wildman–Crippen LogP) is -0.424. The van der Waals surface area contributed by atoms with Gasteiger partial charge in [0, 0.05) is 7.05 Å². The molecule has 14 heavy (non-hydrogen) atoms. The Labute approximate surface area is 83.5 Å². The Kier molecular flexibility index (Phi) is 2.04. The Morgan fingerprint density at radius 1 is 1.71 bits per heavy atom. The van der Waals surface area contributed by atoms with Crippen molar-refractivity contribution in [1.29, 1.82) is 5.26 Å². The van der Waals surface area contributed by atoms with Gasteiger partial charge in [0.15, 0.2) is 11.6 Å². The number of likely N-dealkylation sites (N-methyl/N-ethyl adjacent to an activating group) is 1. The van der Waals surface area contributed by atoms with Gasteiger partial charge in [-0.25, -0.2) is 4.98 Å². The van der Waals surface area contributed by atoms with Crippen molar-refractivity contribution in [2.75, 3.05) is 25.1 Å². The summed E-state index contributed by atoms with van der Waals surface area (Å²) in [5.74, 6) is 1.23. The zero-order valence-electron chi connectivity index (χ0n) is 7.82. The minimum atomic E-state index is 0.318. The van der Waals surface area contributed by atoms with Crippen molar-refractivity contribution in [2.45, 2.75) is 0 Å². The third-order valence-electron chi connectivity index (χ3n) is 2.13. The average Bonchev–Trinajstić information content (AvgIpc) is 2.19. The van der Waals surface area contributed by atoms with Gasteiger partial charge in [-0.3, -0.25) is 0 Å². The molecule has 0 aromatic carbocycles. The minimum absolute atomic E-state index is 0.318. The van der Waals surface area contributed by atoms with Crippen LogP contribution >= 0.6 is 0 Å². The monoisotopic (exact) mass is 185 g/mol. The summed E-state index contributed by atoms with van der Waals surface area (Å²) in [6, 6.07) is 3.49. The van der Waals surface area contributed by atoms with Gasteiger partial charge in [0.05, 0.1) is 6.54 Å². The molecule has 0 saturated carbocycles. The maximum Gasteiger partial charge on any atom is 0.171 e. The van der Waals surface area contributed by atoms with Crippen molar-refractivity contribution >= 4 is 19.1 Å². The molecule has 0 N–H and O–H groups in total. The number of pyridine rings is 1. The van der Waals surface area contributed by atoms with Gasteiger partial charge in [0.1, 0.15) is 26.2 Å². The van der Waals surface area contributed by atoms with Gasteiger partial charge in [-0.05, 0) is 11.5 Å². The number of fused-ring (bicyclic) bond motifs is 1. The second-order valence-corrected chi connectivity index (χ2v) is 3.13. The van der Waals surface area contributed by atoms with Crippen LogP contribution in [0.15, 0.2) is 6.07 Å². The van der Waals surface area contributed by atoms with Gasteiger partial charge in [-0.15, -0.1) is 0 Å². The highest BCUT2D eigenvalue weighted by Crippen LogP contribution is 2.25. The number of rotatable bonds is 0. The summed E-state index contributed by atoms with van der Waals surface area (Å²) in [5, 5.41) is 8.72. The van der Waals surface area contributed by atoms with Crippen LogP contribution < -0.4 is 15.1 Å². The van der Waals surface area contributed by atoms with E-state index in [1.54, 1.807) is 0 Å². The molecule has 0 spiro atoms. The molecule has 0 atom stereocenters. The normalized spacial score (nSPS) is 14.1. The van der Waals surface area contributed by atoms with Gasteiger partial charge in [-0.1, -0.05) is 0 Å². The lowest BCUT2D eigenvalue weighted by molar-refractivity contribution is 0.311. The van der Waals surface area contributed by atoms with E-state index in [1.807, 2.05) is 18.0 Å². The fourth-order valence-electron chi connectivity index (χ4n) is 1.39. The standard InChI is InChI=1S/C9H8BN3O/c1-13-2-3-14-8-7(10)4-6(5-11)12-9(8)13/h4H,2-3H2,1H3. The van der Waals surface area contributed by atoms with Crippen molar-refractivity contribution in [3.63, 3.8) is 0 Å². The van der Waals surface area contributed by atoms with E-state index in [4.69, 9.17) is 17.8 Å². The van der Waals surface area contributed by atoms with Crippen molar-refractivity contribution < 1.29 is 4.74 Å². The van der Waals surface area contributed by atoms with Crippen LogP contribution in [0.4, 0.5) is 5.82 Å². The Bertz CT molecular complexity index is 413.